The van der Waals surface area contributed by atoms with E-state index in [1.54, 1.807) is 0 Å². The summed E-state index contributed by atoms with van der Waals surface area (Å²) in [6.07, 6.45) is 0. The van der Waals surface area contributed by atoms with Crippen molar-refractivity contribution in [1.29, 1.82) is 0 Å². The highest BCUT2D eigenvalue weighted by Crippen LogP contribution is 2.18. The lowest BCUT2D eigenvalue weighted by atomic mass is 10.1. The molecule has 1 N–H and O–H groups in total. The fraction of sp³-hybridized carbons (Fsp3) is 0.294. The van der Waals surface area contributed by atoms with E-state index in [0.717, 1.165) is 18.0 Å². The smallest absolute Gasteiger partial charge is 0.122 e. The van der Waals surface area contributed by atoms with Crippen LogP contribution in [-0.2, 0) is 0 Å². The zero-order valence-electron chi connectivity index (χ0n) is 11.9. The Balaban J connectivity index is 1.80. The molecule has 0 aliphatic carbocycles. The highest BCUT2D eigenvalue weighted by Gasteiger charge is 1.99. The minimum absolute atomic E-state index is 0.665. The lowest BCUT2D eigenvalue weighted by Crippen LogP contribution is -2.11. The van der Waals surface area contributed by atoms with Crippen molar-refractivity contribution in [3.63, 3.8) is 0 Å². The third-order valence-corrected chi connectivity index (χ3v) is 3.08. The fourth-order valence-electron chi connectivity index (χ4n) is 1.89. The van der Waals surface area contributed by atoms with Crippen LogP contribution in [0.1, 0.15) is 16.7 Å². The summed E-state index contributed by atoms with van der Waals surface area (Å²) in [5.41, 5.74) is 4.82. The predicted octanol–water partition coefficient (Wildman–Crippen LogP) is 4.10. The van der Waals surface area contributed by atoms with Crippen molar-refractivity contribution in [3.05, 3.63) is 59.2 Å². The first-order chi connectivity index (χ1) is 9.15. The van der Waals surface area contributed by atoms with Gasteiger partial charge in [0.25, 0.3) is 0 Å². The molecule has 2 aromatic carbocycles. The minimum Gasteiger partial charge on any atom is -0.491 e. The van der Waals surface area contributed by atoms with E-state index < -0.39 is 0 Å². The SMILES string of the molecule is Cc1ccc(NCCOc2cc(C)ccc2C)cc1. The Hall–Kier alpha value is -1.96. The number of rotatable bonds is 5. The molecule has 19 heavy (non-hydrogen) atoms. The van der Waals surface area contributed by atoms with Gasteiger partial charge < -0.3 is 10.1 Å². The highest BCUT2D eigenvalue weighted by atomic mass is 16.5. The van der Waals surface area contributed by atoms with Gasteiger partial charge in [0, 0.05) is 12.2 Å². The third kappa shape index (κ3) is 4.02. The number of hydrogen-bond acceptors (Lipinski definition) is 2. The van der Waals surface area contributed by atoms with E-state index in [-0.39, 0.29) is 0 Å². The summed E-state index contributed by atoms with van der Waals surface area (Å²) in [6, 6.07) is 14.7. The van der Waals surface area contributed by atoms with Gasteiger partial charge in [-0.25, -0.2) is 0 Å². The Morgan fingerprint density at radius 2 is 1.58 bits per heavy atom. The third-order valence-electron chi connectivity index (χ3n) is 3.08. The van der Waals surface area contributed by atoms with Gasteiger partial charge in [0.05, 0.1) is 0 Å². The number of hydrogen-bond donors (Lipinski definition) is 1. The molecule has 2 heteroatoms. The Morgan fingerprint density at radius 3 is 2.32 bits per heavy atom. The molecule has 0 spiro atoms. The molecule has 0 atom stereocenters. The maximum absolute atomic E-state index is 5.80. The van der Waals surface area contributed by atoms with Crippen molar-refractivity contribution in [3.8, 4) is 5.75 Å². The first kappa shape index (κ1) is 13.5. The van der Waals surface area contributed by atoms with Crippen LogP contribution in [0, 0.1) is 20.8 Å². The summed E-state index contributed by atoms with van der Waals surface area (Å²) in [6.45, 7) is 7.71. The first-order valence-electron chi connectivity index (χ1n) is 6.66. The molecule has 0 aliphatic heterocycles. The van der Waals surface area contributed by atoms with Gasteiger partial charge in [-0.05, 0) is 50.1 Å². The number of ether oxygens (including phenoxy) is 1. The van der Waals surface area contributed by atoms with Crippen LogP contribution in [-0.4, -0.2) is 13.2 Å². The number of benzene rings is 2. The van der Waals surface area contributed by atoms with E-state index in [9.17, 15) is 0 Å². The van der Waals surface area contributed by atoms with Gasteiger partial charge in [0.2, 0.25) is 0 Å². The van der Waals surface area contributed by atoms with E-state index >= 15 is 0 Å². The minimum atomic E-state index is 0.665. The molecule has 0 saturated heterocycles. The molecule has 0 bridgehead atoms. The molecule has 0 saturated carbocycles. The molecule has 0 unspecified atom stereocenters. The van der Waals surface area contributed by atoms with Crippen LogP contribution in [0.4, 0.5) is 5.69 Å². The highest BCUT2D eigenvalue weighted by molar-refractivity contribution is 5.44. The summed E-state index contributed by atoms with van der Waals surface area (Å²) < 4.78 is 5.80. The van der Waals surface area contributed by atoms with E-state index in [1.807, 2.05) is 0 Å². The molecular formula is C17H21NO. The number of anilines is 1. The predicted molar refractivity (Wildman–Crippen MR) is 81.1 cm³/mol. The van der Waals surface area contributed by atoms with Gasteiger partial charge in [-0.15, -0.1) is 0 Å². The molecule has 0 aromatic heterocycles. The monoisotopic (exact) mass is 255 g/mol. The van der Waals surface area contributed by atoms with Crippen LogP contribution in [0.2, 0.25) is 0 Å². The molecule has 2 aromatic rings. The van der Waals surface area contributed by atoms with Crippen LogP contribution in [0.5, 0.6) is 5.75 Å². The summed E-state index contributed by atoms with van der Waals surface area (Å²) in [5.74, 6) is 0.978. The van der Waals surface area contributed by atoms with Crippen molar-refractivity contribution >= 4 is 5.69 Å². The summed E-state index contributed by atoms with van der Waals surface area (Å²) >= 11 is 0. The van der Waals surface area contributed by atoms with Crippen LogP contribution in [0.15, 0.2) is 42.5 Å². The van der Waals surface area contributed by atoms with Crippen molar-refractivity contribution < 1.29 is 4.74 Å². The van der Waals surface area contributed by atoms with E-state index in [2.05, 4.69) is 68.6 Å². The van der Waals surface area contributed by atoms with E-state index in [1.165, 1.54) is 16.7 Å². The van der Waals surface area contributed by atoms with Gasteiger partial charge in [-0.3, -0.25) is 0 Å². The second kappa shape index (κ2) is 6.28. The Bertz CT molecular complexity index is 531. The standard InChI is InChI=1S/C17H21NO/c1-13-5-8-16(9-6-13)18-10-11-19-17-12-14(2)4-7-15(17)3/h4-9,12,18H,10-11H2,1-3H3. The largest absolute Gasteiger partial charge is 0.491 e. The molecule has 0 aliphatic rings. The van der Waals surface area contributed by atoms with Crippen LogP contribution in [0.3, 0.4) is 0 Å². The average molecular weight is 255 g/mol. The maximum Gasteiger partial charge on any atom is 0.122 e. The number of aryl methyl sites for hydroxylation is 3. The zero-order valence-corrected chi connectivity index (χ0v) is 11.9. The molecular weight excluding hydrogens is 234 g/mol. The van der Waals surface area contributed by atoms with E-state index in [0.29, 0.717) is 6.61 Å². The second-order valence-electron chi connectivity index (χ2n) is 4.91. The van der Waals surface area contributed by atoms with Gasteiger partial charge in [-0.1, -0.05) is 29.8 Å². The van der Waals surface area contributed by atoms with Gasteiger partial charge >= 0.3 is 0 Å². The molecule has 0 fully saturated rings. The first-order valence-corrected chi connectivity index (χ1v) is 6.66. The van der Waals surface area contributed by atoms with Crippen molar-refractivity contribution in [2.75, 3.05) is 18.5 Å². The Kier molecular flexibility index (Phi) is 4.45. The van der Waals surface area contributed by atoms with E-state index in [4.69, 9.17) is 4.74 Å². The fourth-order valence-corrected chi connectivity index (χ4v) is 1.89. The molecule has 100 valence electrons. The van der Waals surface area contributed by atoms with Gasteiger partial charge in [0.1, 0.15) is 12.4 Å². The van der Waals surface area contributed by atoms with Crippen molar-refractivity contribution in [2.45, 2.75) is 20.8 Å². The molecule has 0 heterocycles. The molecule has 2 rings (SSSR count). The zero-order chi connectivity index (χ0) is 13.7. The lowest BCUT2D eigenvalue weighted by Gasteiger charge is -2.11. The van der Waals surface area contributed by atoms with Gasteiger partial charge in [-0.2, -0.15) is 0 Å². The molecule has 0 amide bonds. The lowest BCUT2D eigenvalue weighted by molar-refractivity contribution is 0.330. The average Bonchev–Trinajstić information content (AvgIpc) is 2.40. The Labute approximate surface area is 115 Å². The normalized spacial score (nSPS) is 10.3. The Morgan fingerprint density at radius 1 is 0.895 bits per heavy atom. The van der Waals surface area contributed by atoms with Gasteiger partial charge in [0.15, 0.2) is 0 Å². The van der Waals surface area contributed by atoms with Crippen molar-refractivity contribution in [2.24, 2.45) is 0 Å². The van der Waals surface area contributed by atoms with Crippen LogP contribution < -0.4 is 10.1 Å². The van der Waals surface area contributed by atoms with Crippen LogP contribution in [0.25, 0.3) is 0 Å². The molecule has 0 radical (unpaired) electrons. The second-order valence-corrected chi connectivity index (χ2v) is 4.91. The summed E-state index contributed by atoms with van der Waals surface area (Å²) in [4.78, 5) is 0. The topological polar surface area (TPSA) is 21.3 Å². The number of nitrogens with one attached hydrogen (secondary N) is 1. The summed E-state index contributed by atoms with van der Waals surface area (Å²) in [5, 5.41) is 3.35. The maximum atomic E-state index is 5.80. The van der Waals surface area contributed by atoms with Crippen LogP contribution >= 0.6 is 0 Å². The summed E-state index contributed by atoms with van der Waals surface area (Å²) in [7, 11) is 0. The quantitative estimate of drug-likeness (QED) is 0.812. The molecule has 2 nitrogen and oxygen atoms in total. The van der Waals surface area contributed by atoms with Crippen molar-refractivity contribution in [1.82, 2.24) is 0 Å².